The van der Waals surface area contributed by atoms with Crippen molar-refractivity contribution in [1.82, 2.24) is 30.1 Å². The third kappa shape index (κ3) is 3.49. The van der Waals surface area contributed by atoms with Crippen molar-refractivity contribution in [2.75, 3.05) is 31.1 Å². The van der Waals surface area contributed by atoms with Gasteiger partial charge < -0.3 is 9.80 Å². The standard InChI is InChI=1S/C21H22N8O/c30-21(29-19(8-11-24-29)16-4-2-1-3-5-16)28-14-12-27(13-15-28)20-22-9-6-17(25-20)18-7-10-23-26-18/h1-7,9-11,19H,8,12-15H2,(H,23,26)/t19-/m0/s1. The fourth-order valence-electron chi connectivity index (χ4n) is 3.84. The summed E-state index contributed by atoms with van der Waals surface area (Å²) in [5, 5.41) is 12.9. The molecule has 1 atom stereocenters. The summed E-state index contributed by atoms with van der Waals surface area (Å²) in [7, 11) is 0. The summed E-state index contributed by atoms with van der Waals surface area (Å²) in [5.74, 6) is 0.656. The summed E-state index contributed by atoms with van der Waals surface area (Å²) >= 11 is 0. The molecule has 2 aromatic heterocycles. The van der Waals surface area contributed by atoms with E-state index < -0.39 is 0 Å². The molecule has 1 fully saturated rings. The molecule has 2 aliphatic heterocycles. The number of urea groups is 1. The number of hydrazone groups is 1. The molecular weight excluding hydrogens is 380 g/mol. The Morgan fingerprint density at radius 2 is 1.83 bits per heavy atom. The van der Waals surface area contributed by atoms with Crippen molar-refractivity contribution >= 4 is 18.2 Å². The number of anilines is 1. The van der Waals surface area contributed by atoms with Crippen LogP contribution in [-0.4, -0.2) is 68.5 Å². The van der Waals surface area contributed by atoms with Gasteiger partial charge in [-0.05, 0) is 17.7 Å². The highest BCUT2D eigenvalue weighted by molar-refractivity contribution is 5.78. The molecule has 0 unspecified atom stereocenters. The van der Waals surface area contributed by atoms with E-state index in [2.05, 4.69) is 30.2 Å². The molecule has 1 N–H and O–H groups in total. The number of H-pyrrole nitrogens is 1. The maximum atomic E-state index is 13.1. The van der Waals surface area contributed by atoms with E-state index >= 15 is 0 Å². The van der Waals surface area contributed by atoms with Crippen molar-refractivity contribution in [3.05, 3.63) is 60.4 Å². The lowest BCUT2D eigenvalue weighted by molar-refractivity contribution is 0.139. The van der Waals surface area contributed by atoms with Gasteiger partial charge in [0.15, 0.2) is 0 Å². The minimum Gasteiger partial charge on any atom is -0.337 e. The Kier molecular flexibility index (Phi) is 4.84. The molecule has 5 rings (SSSR count). The van der Waals surface area contributed by atoms with Gasteiger partial charge in [0.1, 0.15) is 5.69 Å². The zero-order chi connectivity index (χ0) is 20.3. The van der Waals surface area contributed by atoms with Crippen LogP contribution in [0.4, 0.5) is 10.7 Å². The van der Waals surface area contributed by atoms with Crippen molar-refractivity contribution in [2.24, 2.45) is 5.10 Å². The molecule has 0 bridgehead atoms. The minimum atomic E-state index is -0.0524. The number of carbonyl (C=O) groups excluding carboxylic acids is 1. The van der Waals surface area contributed by atoms with Gasteiger partial charge in [0.05, 0.1) is 11.7 Å². The molecule has 0 saturated carbocycles. The van der Waals surface area contributed by atoms with E-state index in [1.807, 2.05) is 53.6 Å². The molecule has 3 aromatic rings. The predicted octanol–water partition coefficient (Wildman–Crippen LogP) is 2.54. The van der Waals surface area contributed by atoms with Crippen molar-refractivity contribution in [3.8, 4) is 11.4 Å². The van der Waals surface area contributed by atoms with Gasteiger partial charge in [0.25, 0.3) is 0 Å². The molecular formula is C21H22N8O. The van der Waals surface area contributed by atoms with Gasteiger partial charge >= 0.3 is 6.03 Å². The topological polar surface area (TPSA) is 93.6 Å². The molecule has 0 aliphatic carbocycles. The molecule has 30 heavy (non-hydrogen) atoms. The number of amides is 2. The summed E-state index contributed by atoms with van der Waals surface area (Å²) in [4.78, 5) is 26.1. The van der Waals surface area contributed by atoms with Crippen LogP contribution in [0.15, 0.2) is 60.0 Å². The summed E-state index contributed by atoms with van der Waals surface area (Å²) in [5.41, 5.74) is 2.66. The highest BCUT2D eigenvalue weighted by Crippen LogP contribution is 2.29. The van der Waals surface area contributed by atoms with E-state index in [1.54, 1.807) is 17.4 Å². The summed E-state index contributed by atoms with van der Waals surface area (Å²) in [6.45, 7) is 2.54. The molecule has 2 aliphatic rings. The first-order valence-electron chi connectivity index (χ1n) is 10.0. The zero-order valence-electron chi connectivity index (χ0n) is 16.4. The average Bonchev–Trinajstić information content (AvgIpc) is 3.52. The predicted molar refractivity (Wildman–Crippen MR) is 113 cm³/mol. The fraction of sp³-hybridized carbons (Fsp3) is 0.286. The zero-order valence-corrected chi connectivity index (χ0v) is 16.4. The molecule has 4 heterocycles. The van der Waals surface area contributed by atoms with Crippen molar-refractivity contribution in [1.29, 1.82) is 0 Å². The number of nitrogens with one attached hydrogen (secondary N) is 1. The Labute approximate surface area is 174 Å². The largest absolute Gasteiger partial charge is 0.341 e. The maximum Gasteiger partial charge on any atom is 0.341 e. The van der Waals surface area contributed by atoms with Crippen molar-refractivity contribution in [3.63, 3.8) is 0 Å². The average molecular weight is 402 g/mol. The van der Waals surface area contributed by atoms with Gasteiger partial charge in [-0.2, -0.15) is 10.2 Å². The lowest BCUT2D eigenvalue weighted by Crippen LogP contribution is -2.52. The van der Waals surface area contributed by atoms with Crippen LogP contribution in [-0.2, 0) is 0 Å². The number of benzene rings is 1. The van der Waals surface area contributed by atoms with Gasteiger partial charge in [0.2, 0.25) is 5.95 Å². The van der Waals surface area contributed by atoms with Crippen LogP contribution >= 0.6 is 0 Å². The molecule has 0 radical (unpaired) electrons. The molecule has 2 amide bonds. The van der Waals surface area contributed by atoms with Crippen LogP contribution in [0.3, 0.4) is 0 Å². The molecule has 1 aromatic carbocycles. The Morgan fingerprint density at radius 1 is 1.00 bits per heavy atom. The number of carbonyl (C=O) groups is 1. The molecule has 152 valence electrons. The number of aromatic amines is 1. The van der Waals surface area contributed by atoms with E-state index in [9.17, 15) is 4.79 Å². The Balaban J connectivity index is 1.24. The second kappa shape index (κ2) is 7.94. The van der Waals surface area contributed by atoms with Crippen LogP contribution < -0.4 is 4.90 Å². The number of hydrogen-bond donors (Lipinski definition) is 1. The first-order chi connectivity index (χ1) is 14.8. The second-order valence-electron chi connectivity index (χ2n) is 7.26. The molecule has 0 spiro atoms. The van der Waals surface area contributed by atoms with E-state index in [0.717, 1.165) is 23.4 Å². The third-order valence-corrected chi connectivity index (χ3v) is 5.45. The fourth-order valence-corrected chi connectivity index (χ4v) is 3.84. The first-order valence-corrected chi connectivity index (χ1v) is 10.0. The normalized spacial score (nSPS) is 18.8. The van der Waals surface area contributed by atoms with E-state index in [-0.39, 0.29) is 12.1 Å². The van der Waals surface area contributed by atoms with E-state index in [4.69, 9.17) is 0 Å². The summed E-state index contributed by atoms with van der Waals surface area (Å²) in [6, 6.07) is 13.7. The monoisotopic (exact) mass is 402 g/mol. The van der Waals surface area contributed by atoms with Crippen LogP contribution in [0.2, 0.25) is 0 Å². The Morgan fingerprint density at radius 3 is 2.60 bits per heavy atom. The van der Waals surface area contributed by atoms with E-state index in [1.165, 1.54) is 0 Å². The van der Waals surface area contributed by atoms with Crippen molar-refractivity contribution in [2.45, 2.75) is 12.5 Å². The summed E-state index contributed by atoms with van der Waals surface area (Å²) in [6.07, 6.45) is 6.07. The van der Waals surface area contributed by atoms with E-state index in [0.29, 0.717) is 32.1 Å². The highest BCUT2D eigenvalue weighted by atomic mass is 16.2. The Hall–Kier alpha value is -3.75. The lowest BCUT2D eigenvalue weighted by atomic mass is 10.1. The van der Waals surface area contributed by atoms with Gasteiger partial charge in [-0.3, -0.25) is 5.10 Å². The van der Waals surface area contributed by atoms with Gasteiger partial charge in [-0.1, -0.05) is 30.3 Å². The molecule has 9 heteroatoms. The van der Waals surface area contributed by atoms with Crippen molar-refractivity contribution < 1.29 is 4.79 Å². The SMILES string of the molecule is O=C(N1CCN(c2nccc(-c3cc[nH]n3)n2)CC1)N1N=CC[C@H]1c1ccccc1. The van der Waals surface area contributed by atoms with Gasteiger partial charge in [-0.15, -0.1) is 0 Å². The van der Waals surface area contributed by atoms with Crippen LogP contribution in [0.5, 0.6) is 0 Å². The van der Waals surface area contributed by atoms with Crippen LogP contribution in [0, 0.1) is 0 Å². The number of nitrogens with zero attached hydrogens (tertiary/aromatic N) is 7. The first kappa shape index (κ1) is 18.3. The van der Waals surface area contributed by atoms with Crippen LogP contribution in [0.1, 0.15) is 18.0 Å². The number of rotatable bonds is 3. The van der Waals surface area contributed by atoms with Gasteiger partial charge in [-0.25, -0.2) is 19.8 Å². The number of aromatic nitrogens is 4. The molecule has 1 saturated heterocycles. The third-order valence-electron chi connectivity index (χ3n) is 5.45. The summed E-state index contributed by atoms with van der Waals surface area (Å²) < 4.78 is 0. The number of hydrogen-bond acceptors (Lipinski definition) is 6. The molecule has 9 nitrogen and oxygen atoms in total. The second-order valence-corrected chi connectivity index (χ2v) is 7.26. The lowest BCUT2D eigenvalue weighted by Gasteiger charge is -2.37. The van der Waals surface area contributed by atoms with Crippen LogP contribution in [0.25, 0.3) is 11.4 Å². The smallest absolute Gasteiger partial charge is 0.337 e. The quantitative estimate of drug-likeness (QED) is 0.727. The van der Waals surface area contributed by atoms with Gasteiger partial charge in [0, 0.05) is 51.2 Å². The minimum absolute atomic E-state index is 0.0365. The maximum absolute atomic E-state index is 13.1. The highest BCUT2D eigenvalue weighted by Gasteiger charge is 2.33. The number of piperazine rings is 1. The Bertz CT molecular complexity index is 1030.